The predicted octanol–water partition coefficient (Wildman–Crippen LogP) is 13.2. The van der Waals surface area contributed by atoms with Crippen LogP contribution in [0.2, 0.25) is 0 Å². The standard InChI is InChI=1S/C31H41NO5.C31H41NO4.2CH4/c1-17-18-9-10-27(4)21(29(18,6)24-31(32-7,37-24)23(17)34)15-20(33)22-19-16-26(2,3)11-13-30(19,25(35)36-8)14-12-28(22,27)5;1-18-19-9-10-29(5)23(28(19,4)17-21(32-7)25(18)34)15-22(33)24-20-16-27(2,3)11-13-31(20,26(35)36-8)14-12-30(24,29)6;;/h15,17-19,22,24H,9-14,16H2,1-6,8H3;15,17-20,24H,9-14,16H2,1-6,8H3;2*1H4/t17-,18-,19-,22-,24+,27+,28+,29-,30-,31-;18-,19-,20-,24-,28-,29+,30+,31-;;/m00../s1/i;;2*1T. The van der Waals surface area contributed by atoms with Crippen molar-refractivity contribution >= 4 is 35.1 Å². The molecule has 0 N–H and O–H groups in total. The summed E-state index contributed by atoms with van der Waals surface area (Å²) in [6.07, 6.45) is 17.0. The van der Waals surface area contributed by atoms with Gasteiger partial charge in [-0.2, -0.15) is 0 Å². The minimum absolute atomic E-state index is 0.0405. The van der Waals surface area contributed by atoms with E-state index in [9.17, 15) is 28.8 Å². The number of nitrogens with zero attached hydrogens (tertiary/aromatic N) is 2. The van der Waals surface area contributed by atoms with Gasteiger partial charge in [0.25, 0.3) is 5.78 Å². The minimum Gasteiger partial charge on any atom is -0.469 e. The number of allylic oxidation sites excluding steroid dienone is 5. The lowest BCUT2D eigenvalue weighted by molar-refractivity contribution is -0.192. The van der Waals surface area contributed by atoms with Gasteiger partial charge in [-0.1, -0.05) is 115 Å². The average Bonchev–Trinajstić information content (AvgIpc) is 4.23. The van der Waals surface area contributed by atoms with E-state index in [1.54, 1.807) is 0 Å². The summed E-state index contributed by atoms with van der Waals surface area (Å²) in [6, 6.07) is 0. The van der Waals surface area contributed by atoms with Gasteiger partial charge in [0.1, 0.15) is 0 Å². The first-order chi connectivity index (χ1) is 35.9. The zero-order chi connectivity index (χ0) is 57.4. The van der Waals surface area contributed by atoms with E-state index in [1.165, 1.54) is 29.0 Å². The number of hydrogen-bond acceptors (Lipinski definition) is 9. The Bertz CT molecular complexity index is 2730. The molecule has 11 aliphatic rings. The van der Waals surface area contributed by atoms with Crippen LogP contribution in [0, 0.1) is 115 Å². The number of fused-ring (bicyclic) bond motifs is 16. The highest BCUT2D eigenvalue weighted by atomic mass is 16.6. The number of ketones is 4. The van der Waals surface area contributed by atoms with Crippen LogP contribution in [0.4, 0.5) is 0 Å². The van der Waals surface area contributed by atoms with Crippen LogP contribution in [0.1, 0.15) is 191 Å². The fraction of sp³-hybridized carbons (Fsp3) is 0.781. The number of epoxide rings is 1. The molecule has 0 unspecified atom stereocenters. The van der Waals surface area contributed by atoms with Crippen molar-refractivity contribution in [2.75, 3.05) is 14.2 Å². The molecule has 410 valence electrons. The molecule has 0 amide bonds. The zero-order valence-electron chi connectivity index (χ0n) is 50.4. The third kappa shape index (κ3) is 6.95. The predicted molar refractivity (Wildman–Crippen MR) is 288 cm³/mol. The van der Waals surface area contributed by atoms with Crippen molar-refractivity contribution in [2.45, 2.75) is 200 Å². The van der Waals surface area contributed by atoms with E-state index < -0.39 is 33.5 Å². The van der Waals surface area contributed by atoms with Crippen LogP contribution in [0.5, 0.6) is 0 Å². The maximum Gasteiger partial charge on any atom is 0.424 e. The van der Waals surface area contributed by atoms with E-state index in [2.05, 4.69) is 78.9 Å². The van der Waals surface area contributed by atoms with Crippen LogP contribution in [-0.4, -0.2) is 61.1 Å². The van der Waals surface area contributed by atoms with E-state index in [4.69, 9.17) is 30.1 Å². The molecule has 0 aromatic rings. The normalized spacial score (nSPS) is 49.1. The SMILES string of the molecule is [3H]C.[3H]C.[C-]#[N+]C1=C[C@]2(C)C3=CC(=O)[C@@H]4[C@@H]5CC(C)(C)CC[C@]5(C(=O)OC)CC[C@@]4(C)[C@]3(C)CC[C@H]2[C@H](C)C1=O.[C-]#[N+][C@@]12O[C@@H]1[C@]1(C)C3=CC(=O)[C@@H]4[C@@H]5CC(C)(C)CC[C@]5(C(=O)OC)CC[C@@]4(C)[C@]3(C)CC[C@H]1[C@H](C)C2=O. The maximum atomic E-state index is 14.4. The molecule has 18 atom stereocenters. The molecule has 75 heavy (non-hydrogen) atoms. The van der Waals surface area contributed by atoms with Gasteiger partial charge in [-0.3, -0.25) is 33.6 Å². The van der Waals surface area contributed by atoms with Crippen molar-refractivity contribution in [2.24, 2.45) is 101 Å². The largest absolute Gasteiger partial charge is 0.469 e. The van der Waals surface area contributed by atoms with Crippen molar-refractivity contribution in [3.05, 3.63) is 57.9 Å². The van der Waals surface area contributed by atoms with Crippen molar-refractivity contribution in [1.82, 2.24) is 0 Å². The van der Waals surface area contributed by atoms with Crippen molar-refractivity contribution in [3.63, 3.8) is 0 Å². The summed E-state index contributed by atoms with van der Waals surface area (Å²) in [5, 5.41) is 0. The van der Waals surface area contributed by atoms with Crippen molar-refractivity contribution < 1.29 is 45.7 Å². The summed E-state index contributed by atoms with van der Waals surface area (Å²) in [6.45, 7) is 42.0. The number of esters is 2. The zero-order valence-corrected chi connectivity index (χ0v) is 48.4. The summed E-state index contributed by atoms with van der Waals surface area (Å²) in [5.41, 5.74) is -2.19. The molecule has 0 bridgehead atoms. The van der Waals surface area contributed by atoms with Crippen LogP contribution < -0.4 is 0 Å². The Kier molecular flexibility index (Phi) is 12.6. The van der Waals surface area contributed by atoms with E-state index in [1.807, 2.05) is 32.1 Å². The second-order valence-electron chi connectivity index (χ2n) is 28.7. The van der Waals surface area contributed by atoms with Gasteiger partial charge >= 0.3 is 17.7 Å². The number of carbonyl (C=O) groups is 6. The molecule has 11 rings (SSSR count). The third-order valence-corrected chi connectivity index (χ3v) is 25.0. The van der Waals surface area contributed by atoms with E-state index >= 15 is 0 Å². The van der Waals surface area contributed by atoms with Crippen molar-refractivity contribution in [3.8, 4) is 0 Å². The van der Waals surface area contributed by atoms with Gasteiger partial charge in [-0.15, -0.1) is 0 Å². The molecule has 1 aliphatic heterocycles. The quantitative estimate of drug-likeness (QED) is 0.150. The fourth-order valence-corrected chi connectivity index (χ4v) is 20.4. The Labute approximate surface area is 452 Å². The van der Waals surface area contributed by atoms with Gasteiger partial charge in [0.05, 0.1) is 31.6 Å². The molecule has 11 heteroatoms. The van der Waals surface area contributed by atoms with Crippen LogP contribution in [0.3, 0.4) is 0 Å². The topological polar surface area (TPSA) is 142 Å². The number of Topliss-reactive ketones (excluding diaryl/α,β-unsaturated/α-hetero) is 2. The Morgan fingerprint density at radius 1 is 0.627 bits per heavy atom. The summed E-state index contributed by atoms with van der Waals surface area (Å²) < 4.78 is 28.3. The maximum absolute atomic E-state index is 14.4. The van der Waals surface area contributed by atoms with Gasteiger partial charge in [-0.05, 0) is 158 Å². The minimum atomic E-state index is -1.38. The molecule has 1 heterocycles. The lowest BCUT2D eigenvalue weighted by Crippen LogP contribution is -2.66. The Hall–Kier alpha value is -4.22. The summed E-state index contributed by atoms with van der Waals surface area (Å²) >= 11 is 0. The number of methoxy groups -OCH3 is 2. The highest BCUT2D eigenvalue weighted by Gasteiger charge is 2.85. The first-order valence-electron chi connectivity index (χ1n) is 29.8. The van der Waals surface area contributed by atoms with Crippen molar-refractivity contribution in [1.29, 1.82) is 0 Å². The highest BCUT2D eigenvalue weighted by molar-refractivity contribution is 6.01. The molecule has 0 radical (unpaired) electrons. The molecule has 7 saturated carbocycles. The molecule has 0 aromatic carbocycles. The highest BCUT2D eigenvalue weighted by Crippen LogP contribution is 2.78. The number of hydrogen-bond donors (Lipinski definition) is 0. The monoisotopic (exact) mass is 1030 g/mol. The van der Waals surface area contributed by atoms with Crippen LogP contribution in [0.15, 0.2) is 35.1 Å². The summed E-state index contributed by atoms with van der Waals surface area (Å²) in [4.78, 5) is 88.8. The van der Waals surface area contributed by atoms with E-state index in [0.717, 1.165) is 101 Å². The lowest BCUT2D eigenvalue weighted by Gasteiger charge is -2.68. The van der Waals surface area contributed by atoms with Gasteiger partial charge in [0, 0.05) is 37.2 Å². The second-order valence-corrected chi connectivity index (χ2v) is 28.7. The Balaban J connectivity index is 0.000000192. The molecule has 0 spiro atoms. The summed E-state index contributed by atoms with van der Waals surface area (Å²) in [5.74, 6) is -1.12. The van der Waals surface area contributed by atoms with Gasteiger partial charge < -0.3 is 14.3 Å². The molecule has 8 fully saturated rings. The first kappa shape index (κ1) is 54.1. The first-order valence-corrected chi connectivity index (χ1v) is 27.8. The smallest absolute Gasteiger partial charge is 0.424 e. The van der Waals surface area contributed by atoms with Crippen LogP contribution in [0.25, 0.3) is 9.69 Å². The number of rotatable bonds is 2. The molecule has 1 saturated heterocycles. The Morgan fingerprint density at radius 3 is 1.52 bits per heavy atom. The number of carbonyl (C=O) groups excluding carboxylic acids is 6. The number of ether oxygens (including phenoxy) is 3. The van der Waals surface area contributed by atoms with E-state index in [-0.39, 0.29) is 121 Å². The third-order valence-electron chi connectivity index (χ3n) is 25.0. The van der Waals surface area contributed by atoms with Crippen LogP contribution in [-0.2, 0) is 43.0 Å². The van der Waals surface area contributed by atoms with E-state index in [0.29, 0.717) is 0 Å². The molecular weight excluding hydrogens is 941 g/mol. The summed E-state index contributed by atoms with van der Waals surface area (Å²) in [7, 11) is 5.47. The fourth-order valence-electron chi connectivity index (χ4n) is 20.4. The van der Waals surface area contributed by atoms with Gasteiger partial charge in [0.2, 0.25) is 5.70 Å². The lowest BCUT2D eigenvalue weighted by atomic mass is 9.34. The second kappa shape index (κ2) is 17.4. The molecule has 0 aromatic heterocycles. The molecular formula is C64H90N2O9. The molecule has 10 aliphatic carbocycles. The van der Waals surface area contributed by atoms with Gasteiger partial charge in [0.15, 0.2) is 23.5 Å². The Morgan fingerprint density at radius 2 is 1.07 bits per heavy atom. The molecule has 11 nitrogen and oxygen atoms in total. The average molecular weight is 1040 g/mol. The van der Waals surface area contributed by atoms with Crippen LogP contribution >= 0.6 is 0 Å². The van der Waals surface area contributed by atoms with Gasteiger partial charge in [-0.25, -0.2) is 11.4 Å².